The van der Waals surface area contributed by atoms with Gasteiger partial charge >= 0.3 is 6.18 Å². The third kappa shape index (κ3) is 8.56. The van der Waals surface area contributed by atoms with Crippen molar-refractivity contribution in [1.82, 2.24) is 9.97 Å². The van der Waals surface area contributed by atoms with Crippen LogP contribution >= 0.6 is 0 Å². The molecule has 1 atom stereocenters. The molecule has 0 aliphatic heterocycles. The number of aliphatic imine (C=N–C) groups is 1. The van der Waals surface area contributed by atoms with Crippen LogP contribution in [0.15, 0.2) is 52.2 Å². The van der Waals surface area contributed by atoms with Crippen LogP contribution in [-0.2, 0) is 19.2 Å². The Balaban J connectivity index is 2.05. The SMILES string of the molecule is C=C(/C=C\C=N/COC(OCC)C(F)(F)F)Nc1ncnc2cc(N=S(C)(C)=O)cc(C)c12. The van der Waals surface area contributed by atoms with Crippen LogP contribution in [0.4, 0.5) is 24.7 Å². The highest BCUT2D eigenvalue weighted by molar-refractivity contribution is 7.92. The van der Waals surface area contributed by atoms with Gasteiger partial charge in [-0.1, -0.05) is 6.58 Å². The van der Waals surface area contributed by atoms with Crippen molar-refractivity contribution in [3.63, 3.8) is 0 Å². The van der Waals surface area contributed by atoms with Gasteiger partial charge in [-0.25, -0.2) is 14.2 Å². The van der Waals surface area contributed by atoms with Crippen LogP contribution < -0.4 is 5.32 Å². The fraction of sp³-hybridized carbons (Fsp3) is 0.381. The Morgan fingerprint density at radius 1 is 1.30 bits per heavy atom. The minimum absolute atomic E-state index is 0.135. The van der Waals surface area contributed by atoms with E-state index in [9.17, 15) is 17.4 Å². The molecule has 0 radical (unpaired) electrons. The van der Waals surface area contributed by atoms with E-state index in [1.54, 1.807) is 30.7 Å². The zero-order valence-corrected chi connectivity index (χ0v) is 19.5. The number of aromatic nitrogens is 2. The number of aryl methyl sites for hydroxylation is 1. The average molecular weight is 486 g/mol. The van der Waals surface area contributed by atoms with Gasteiger partial charge in [0.25, 0.3) is 6.29 Å². The van der Waals surface area contributed by atoms with Gasteiger partial charge in [-0.2, -0.15) is 17.5 Å². The van der Waals surface area contributed by atoms with E-state index in [-0.39, 0.29) is 6.61 Å². The summed E-state index contributed by atoms with van der Waals surface area (Å²) in [5.41, 5.74) is 2.48. The molecule has 0 aliphatic rings. The van der Waals surface area contributed by atoms with Gasteiger partial charge in [0, 0.05) is 46.1 Å². The number of anilines is 1. The maximum absolute atomic E-state index is 12.7. The average Bonchev–Trinajstić information content (AvgIpc) is 2.67. The maximum Gasteiger partial charge on any atom is 0.440 e. The molecule has 8 nitrogen and oxygen atoms in total. The van der Waals surface area contributed by atoms with Crippen molar-refractivity contribution in [2.24, 2.45) is 9.36 Å². The molecular formula is C21H26F3N5O3S. The molecule has 0 aliphatic carbocycles. The number of alkyl halides is 3. The van der Waals surface area contributed by atoms with Crippen LogP contribution in [0.3, 0.4) is 0 Å². The largest absolute Gasteiger partial charge is 0.440 e. The lowest BCUT2D eigenvalue weighted by Gasteiger charge is -2.18. The van der Waals surface area contributed by atoms with E-state index in [4.69, 9.17) is 0 Å². The fourth-order valence-corrected chi connectivity index (χ4v) is 3.34. The van der Waals surface area contributed by atoms with Crippen molar-refractivity contribution >= 4 is 38.4 Å². The van der Waals surface area contributed by atoms with Gasteiger partial charge in [-0.15, -0.1) is 0 Å². The normalized spacial score (nSPS) is 13.7. The molecule has 2 aromatic rings. The van der Waals surface area contributed by atoms with Crippen LogP contribution in [0.5, 0.6) is 0 Å². The van der Waals surface area contributed by atoms with Gasteiger partial charge in [0.1, 0.15) is 18.9 Å². The second-order valence-electron chi connectivity index (χ2n) is 7.12. The molecule has 0 saturated carbocycles. The van der Waals surface area contributed by atoms with Crippen LogP contribution in [0.25, 0.3) is 10.9 Å². The summed E-state index contributed by atoms with van der Waals surface area (Å²) in [6.45, 7) is 6.54. The first-order valence-electron chi connectivity index (χ1n) is 9.75. The van der Waals surface area contributed by atoms with Gasteiger partial charge in [0.2, 0.25) is 0 Å². The maximum atomic E-state index is 12.7. The Morgan fingerprint density at radius 3 is 2.67 bits per heavy atom. The van der Waals surface area contributed by atoms with Gasteiger partial charge in [0.15, 0.2) is 0 Å². The van der Waals surface area contributed by atoms with E-state index in [2.05, 4.69) is 40.7 Å². The number of benzene rings is 1. The quantitative estimate of drug-likeness (QED) is 0.296. The Kier molecular flexibility index (Phi) is 9.08. The number of halogens is 3. The van der Waals surface area contributed by atoms with Gasteiger partial charge in [0.05, 0.1) is 11.2 Å². The Labute approximate surface area is 190 Å². The van der Waals surface area contributed by atoms with Crippen LogP contribution in [0.2, 0.25) is 0 Å². The third-order valence-corrected chi connectivity index (χ3v) is 4.55. The number of hydrogen-bond donors (Lipinski definition) is 1. The second-order valence-corrected chi connectivity index (χ2v) is 9.66. The number of ether oxygens (including phenoxy) is 2. The lowest BCUT2D eigenvalue weighted by molar-refractivity contribution is -0.308. The molecule has 0 bridgehead atoms. The first-order valence-corrected chi connectivity index (χ1v) is 12.1. The highest BCUT2D eigenvalue weighted by Crippen LogP contribution is 2.29. The number of nitrogens with one attached hydrogen (secondary N) is 1. The molecule has 1 heterocycles. The van der Waals surface area contributed by atoms with Crippen molar-refractivity contribution in [3.05, 3.63) is 48.5 Å². The van der Waals surface area contributed by atoms with Crippen molar-refractivity contribution in [2.45, 2.75) is 26.3 Å². The molecule has 1 aromatic carbocycles. The zero-order chi connectivity index (χ0) is 24.6. The molecule has 1 N–H and O–H groups in total. The summed E-state index contributed by atoms with van der Waals surface area (Å²) in [6, 6.07) is 3.52. The molecular weight excluding hydrogens is 459 g/mol. The van der Waals surface area contributed by atoms with Gasteiger partial charge in [-0.05, 0) is 43.7 Å². The van der Waals surface area contributed by atoms with Crippen LogP contribution in [-0.4, -0.2) is 58.7 Å². The van der Waals surface area contributed by atoms with E-state index < -0.39 is 28.9 Å². The molecule has 0 saturated heterocycles. The molecule has 0 fully saturated rings. The predicted molar refractivity (Wildman–Crippen MR) is 124 cm³/mol. The summed E-state index contributed by atoms with van der Waals surface area (Å²) in [5.74, 6) is 0.512. The third-order valence-electron chi connectivity index (χ3n) is 3.90. The molecule has 1 aromatic heterocycles. The minimum atomic E-state index is -4.63. The number of rotatable bonds is 10. The molecule has 12 heteroatoms. The summed E-state index contributed by atoms with van der Waals surface area (Å²) in [7, 11) is -2.32. The Bertz CT molecular complexity index is 1160. The minimum Gasteiger partial charge on any atom is -0.345 e. The molecule has 0 spiro atoms. The van der Waals surface area contributed by atoms with E-state index in [1.807, 2.05) is 6.92 Å². The van der Waals surface area contributed by atoms with E-state index in [1.165, 1.54) is 25.5 Å². The number of fused-ring (bicyclic) bond motifs is 1. The lowest BCUT2D eigenvalue weighted by Crippen LogP contribution is -2.34. The van der Waals surface area contributed by atoms with Crippen LogP contribution in [0.1, 0.15) is 12.5 Å². The van der Waals surface area contributed by atoms with Crippen molar-refractivity contribution in [3.8, 4) is 0 Å². The van der Waals surface area contributed by atoms with Gasteiger partial charge < -0.3 is 14.8 Å². The highest BCUT2D eigenvalue weighted by Gasteiger charge is 2.41. The first-order chi connectivity index (χ1) is 15.4. The summed E-state index contributed by atoms with van der Waals surface area (Å²) in [6.07, 6.45) is 1.91. The molecule has 33 heavy (non-hydrogen) atoms. The van der Waals surface area contributed by atoms with Crippen LogP contribution in [0, 0.1) is 6.92 Å². The smallest absolute Gasteiger partial charge is 0.345 e. The van der Waals surface area contributed by atoms with Crippen molar-refractivity contribution in [1.29, 1.82) is 0 Å². The molecule has 2 rings (SSSR count). The number of hydrogen-bond acceptors (Lipinski definition) is 8. The number of allylic oxidation sites excluding steroid dienone is 2. The fourth-order valence-electron chi connectivity index (χ4n) is 2.73. The standard InChI is InChI=1S/C21H26F3N5O3S/c1-6-31-20(21(22,23)24)32-13-25-9-7-8-15(3)28-19-18-14(2)10-16(29-33(4,5)30)11-17(18)26-12-27-19/h7-12,20H,3,6,13H2,1-2,4-5H3,(H,26,27,28)/b8-7-,25-9-. The van der Waals surface area contributed by atoms with E-state index >= 15 is 0 Å². The van der Waals surface area contributed by atoms with Gasteiger partial charge in [-0.3, -0.25) is 4.99 Å². The van der Waals surface area contributed by atoms with Crippen molar-refractivity contribution in [2.75, 3.05) is 31.2 Å². The first kappa shape index (κ1) is 26.4. The number of nitrogens with zero attached hydrogens (tertiary/aromatic N) is 4. The molecule has 1 unspecified atom stereocenters. The molecule has 0 amide bonds. The lowest BCUT2D eigenvalue weighted by atomic mass is 10.1. The Hall–Kier alpha value is -2.83. The second kappa shape index (κ2) is 11.3. The summed E-state index contributed by atoms with van der Waals surface area (Å²) in [4.78, 5) is 12.3. The summed E-state index contributed by atoms with van der Waals surface area (Å²) >= 11 is 0. The Morgan fingerprint density at radius 2 is 2.03 bits per heavy atom. The summed E-state index contributed by atoms with van der Waals surface area (Å²) < 4.78 is 63.3. The highest BCUT2D eigenvalue weighted by atomic mass is 32.2. The topological polar surface area (TPSA) is 98.1 Å². The zero-order valence-electron chi connectivity index (χ0n) is 18.7. The monoisotopic (exact) mass is 485 g/mol. The van der Waals surface area contributed by atoms with E-state index in [0.717, 1.165) is 10.9 Å². The summed E-state index contributed by atoms with van der Waals surface area (Å²) in [5, 5.41) is 3.81. The predicted octanol–water partition coefficient (Wildman–Crippen LogP) is 4.75. The molecule has 180 valence electrons. The van der Waals surface area contributed by atoms with Crippen molar-refractivity contribution < 1.29 is 26.9 Å². The van der Waals surface area contributed by atoms with E-state index in [0.29, 0.717) is 22.7 Å².